The van der Waals surface area contributed by atoms with E-state index in [4.69, 9.17) is 0 Å². The first-order valence-electron chi connectivity index (χ1n) is 6.59. The second-order valence-corrected chi connectivity index (χ2v) is 7.12. The van der Waals surface area contributed by atoms with Crippen molar-refractivity contribution in [1.29, 1.82) is 0 Å². The van der Waals surface area contributed by atoms with Crippen LogP contribution in [0.1, 0.15) is 23.7 Å². The highest BCUT2D eigenvalue weighted by Crippen LogP contribution is 2.29. The summed E-state index contributed by atoms with van der Waals surface area (Å²) in [5.74, 6) is 0.139. The van der Waals surface area contributed by atoms with Gasteiger partial charge in [0.1, 0.15) is 18.0 Å². The van der Waals surface area contributed by atoms with Crippen LogP contribution in [0.4, 0.5) is 4.39 Å². The summed E-state index contributed by atoms with van der Waals surface area (Å²) in [5.41, 5.74) is 0.583. The largest absolute Gasteiger partial charge is 0.263 e. The van der Waals surface area contributed by atoms with Crippen molar-refractivity contribution in [3.05, 3.63) is 41.7 Å². The van der Waals surface area contributed by atoms with Gasteiger partial charge in [0.2, 0.25) is 10.0 Å². The number of H-pyrrole nitrogens is 1. The van der Waals surface area contributed by atoms with Crippen LogP contribution in [-0.2, 0) is 10.0 Å². The number of sulfonamides is 1. The van der Waals surface area contributed by atoms with Crippen LogP contribution in [-0.4, -0.2) is 41.0 Å². The Kier molecular flexibility index (Phi) is 3.50. The molecule has 6 nitrogen and oxygen atoms in total. The maximum atomic E-state index is 13.4. The standard InChI is InChI=1S/C13H15FN4O2S/c1-9-4-11(14)6-12(5-9)21(19,20)18-3-2-10(7-18)13-15-8-16-17-13/h4-6,8,10H,2-3,7H2,1H3,(H,15,16,17). The Labute approximate surface area is 122 Å². The van der Waals surface area contributed by atoms with Gasteiger partial charge in [-0.05, 0) is 37.1 Å². The quantitative estimate of drug-likeness (QED) is 0.930. The third kappa shape index (κ3) is 2.68. The van der Waals surface area contributed by atoms with E-state index in [2.05, 4.69) is 15.2 Å². The third-order valence-corrected chi connectivity index (χ3v) is 5.47. The van der Waals surface area contributed by atoms with Crippen molar-refractivity contribution in [2.24, 2.45) is 0 Å². The van der Waals surface area contributed by atoms with Gasteiger partial charge in [-0.2, -0.15) is 9.40 Å². The number of rotatable bonds is 3. The Hall–Kier alpha value is -1.80. The van der Waals surface area contributed by atoms with Gasteiger partial charge in [-0.1, -0.05) is 0 Å². The van der Waals surface area contributed by atoms with Crippen molar-refractivity contribution in [2.45, 2.75) is 24.2 Å². The summed E-state index contributed by atoms with van der Waals surface area (Å²) in [6.07, 6.45) is 2.07. The van der Waals surface area contributed by atoms with Gasteiger partial charge in [0.05, 0.1) is 4.90 Å². The average Bonchev–Trinajstić information content (AvgIpc) is 3.09. The van der Waals surface area contributed by atoms with Crippen molar-refractivity contribution >= 4 is 10.0 Å². The molecule has 21 heavy (non-hydrogen) atoms. The molecular weight excluding hydrogens is 295 g/mol. The Morgan fingerprint density at radius 3 is 2.86 bits per heavy atom. The zero-order chi connectivity index (χ0) is 15.0. The highest BCUT2D eigenvalue weighted by atomic mass is 32.2. The van der Waals surface area contributed by atoms with Gasteiger partial charge in [0, 0.05) is 19.0 Å². The van der Waals surface area contributed by atoms with E-state index in [9.17, 15) is 12.8 Å². The molecule has 1 atom stereocenters. The average molecular weight is 310 g/mol. The molecule has 1 N–H and O–H groups in total. The molecule has 0 spiro atoms. The molecular formula is C13H15FN4O2S. The SMILES string of the molecule is Cc1cc(F)cc(S(=O)(=O)N2CCC(c3ncn[nH]3)C2)c1. The Balaban J connectivity index is 1.86. The van der Waals surface area contributed by atoms with Gasteiger partial charge in [0.15, 0.2) is 0 Å². The Morgan fingerprint density at radius 2 is 2.19 bits per heavy atom. The van der Waals surface area contributed by atoms with Gasteiger partial charge in [-0.3, -0.25) is 5.10 Å². The van der Waals surface area contributed by atoms with Crippen LogP contribution in [0.15, 0.2) is 29.4 Å². The molecule has 0 amide bonds. The molecule has 1 unspecified atom stereocenters. The molecule has 8 heteroatoms. The smallest absolute Gasteiger partial charge is 0.243 e. The van der Waals surface area contributed by atoms with E-state index in [0.29, 0.717) is 30.9 Å². The zero-order valence-electron chi connectivity index (χ0n) is 11.5. The molecule has 1 fully saturated rings. The van der Waals surface area contributed by atoms with E-state index in [1.165, 1.54) is 22.8 Å². The number of aryl methyl sites for hydroxylation is 1. The Morgan fingerprint density at radius 1 is 1.38 bits per heavy atom. The minimum Gasteiger partial charge on any atom is -0.263 e. The summed E-state index contributed by atoms with van der Waals surface area (Å²) in [7, 11) is -3.68. The molecule has 0 saturated carbocycles. The highest BCUT2D eigenvalue weighted by Gasteiger charge is 2.34. The lowest BCUT2D eigenvalue weighted by Crippen LogP contribution is -2.29. The minimum absolute atomic E-state index is 0.00165. The Bertz CT molecular complexity index is 725. The van der Waals surface area contributed by atoms with Crippen molar-refractivity contribution in [1.82, 2.24) is 19.5 Å². The van der Waals surface area contributed by atoms with E-state index in [0.717, 1.165) is 6.07 Å². The fourth-order valence-electron chi connectivity index (χ4n) is 2.58. The van der Waals surface area contributed by atoms with E-state index in [1.54, 1.807) is 6.92 Å². The van der Waals surface area contributed by atoms with E-state index in [-0.39, 0.29) is 10.8 Å². The maximum Gasteiger partial charge on any atom is 0.243 e. The molecule has 3 rings (SSSR count). The number of hydrogen-bond acceptors (Lipinski definition) is 4. The predicted octanol–water partition coefficient (Wildman–Crippen LogP) is 1.43. The number of benzene rings is 1. The minimum atomic E-state index is -3.68. The van der Waals surface area contributed by atoms with Crippen LogP contribution in [0.3, 0.4) is 0 Å². The lowest BCUT2D eigenvalue weighted by molar-refractivity contribution is 0.470. The third-order valence-electron chi connectivity index (χ3n) is 3.62. The first kappa shape index (κ1) is 14.2. The molecule has 0 aliphatic carbocycles. The lowest BCUT2D eigenvalue weighted by Gasteiger charge is -2.16. The summed E-state index contributed by atoms with van der Waals surface area (Å²) in [6, 6.07) is 3.85. The molecule has 2 heterocycles. The van der Waals surface area contributed by atoms with Crippen LogP contribution in [0.5, 0.6) is 0 Å². The van der Waals surface area contributed by atoms with Crippen molar-refractivity contribution < 1.29 is 12.8 Å². The normalized spacial score (nSPS) is 20.0. The number of hydrogen-bond donors (Lipinski definition) is 1. The molecule has 1 aliphatic rings. The van der Waals surface area contributed by atoms with E-state index < -0.39 is 15.8 Å². The zero-order valence-corrected chi connectivity index (χ0v) is 12.3. The molecule has 0 bridgehead atoms. The number of aromatic amines is 1. The summed E-state index contributed by atoms with van der Waals surface area (Å²) < 4.78 is 39.9. The number of aromatic nitrogens is 3. The molecule has 1 aliphatic heterocycles. The topological polar surface area (TPSA) is 79.0 Å². The lowest BCUT2D eigenvalue weighted by atomic mass is 10.1. The van der Waals surface area contributed by atoms with Crippen LogP contribution < -0.4 is 0 Å². The van der Waals surface area contributed by atoms with Crippen LogP contribution in [0.25, 0.3) is 0 Å². The predicted molar refractivity (Wildman–Crippen MR) is 73.6 cm³/mol. The maximum absolute atomic E-state index is 13.4. The van der Waals surface area contributed by atoms with Gasteiger partial charge < -0.3 is 0 Å². The number of nitrogens with one attached hydrogen (secondary N) is 1. The van der Waals surface area contributed by atoms with Crippen LogP contribution >= 0.6 is 0 Å². The molecule has 1 saturated heterocycles. The first-order chi connectivity index (χ1) is 9.96. The highest BCUT2D eigenvalue weighted by molar-refractivity contribution is 7.89. The summed E-state index contributed by atoms with van der Waals surface area (Å²) in [4.78, 5) is 4.07. The van der Waals surface area contributed by atoms with Gasteiger partial charge in [-0.15, -0.1) is 0 Å². The van der Waals surface area contributed by atoms with Crippen molar-refractivity contribution in [3.8, 4) is 0 Å². The monoisotopic (exact) mass is 310 g/mol. The van der Waals surface area contributed by atoms with Crippen LogP contribution in [0.2, 0.25) is 0 Å². The van der Waals surface area contributed by atoms with Gasteiger partial charge in [0.25, 0.3) is 0 Å². The van der Waals surface area contributed by atoms with Crippen LogP contribution in [0, 0.1) is 12.7 Å². The molecule has 0 radical (unpaired) electrons. The fraction of sp³-hybridized carbons (Fsp3) is 0.385. The number of halogens is 1. The van der Waals surface area contributed by atoms with Gasteiger partial charge >= 0.3 is 0 Å². The van der Waals surface area contributed by atoms with Crippen molar-refractivity contribution in [3.63, 3.8) is 0 Å². The first-order valence-corrected chi connectivity index (χ1v) is 8.03. The second kappa shape index (κ2) is 5.19. The van der Waals surface area contributed by atoms with Gasteiger partial charge in [-0.25, -0.2) is 17.8 Å². The molecule has 112 valence electrons. The summed E-state index contributed by atoms with van der Waals surface area (Å²) in [6.45, 7) is 2.39. The molecule has 1 aromatic heterocycles. The fourth-order valence-corrected chi connectivity index (χ4v) is 4.20. The number of nitrogens with zero attached hydrogens (tertiary/aromatic N) is 3. The second-order valence-electron chi connectivity index (χ2n) is 5.18. The molecule has 2 aromatic rings. The van der Waals surface area contributed by atoms with E-state index in [1.807, 2.05) is 0 Å². The van der Waals surface area contributed by atoms with E-state index >= 15 is 0 Å². The van der Waals surface area contributed by atoms with Crippen molar-refractivity contribution in [2.75, 3.05) is 13.1 Å². The molecule has 1 aromatic carbocycles. The summed E-state index contributed by atoms with van der Waals surface area (Å²) in [5, 5.41) is 6.55. The summed E-state index contributed by atoms with van der Waals surface area (Å²) >= 11 is 0.